The minimum atomic E-state index is -0.479. The van der Waals surface area contributed by atoms with Crippen molar-refractivity contribution >= 4 is 34.7 Å². The lowest BCUT2D eigenvalue weighted by Crippen LogP contribution is -2.29. The van der Waals surface area contributed by atoms with Crippen LogP contribution in [0, 0.1) is 10.1 Å². The summed E-state index contributed by atoms with van der Waals surface area (Å²) in [6, 6.07) is 7.03. The number of aromatic nitrogens is 2. The maximum absolute atomic E-state index is 11.2. The molecule has 1 N–H and O–H groups in total. The average molecular weight is 351 g/mol. The first-order chi connectivity index (χ1) is 11.4. The highest BCUT2D eigenvalue weighted by Crippen LogP contribution is 2.26. The topological polar surface area (TPSA) is 87.4 Å². The number of likely N-dealkylation sites (N-methyl/N-ethyl adjacent to an activating group) is 2. The molecule has 0 aliphatic carbocycles. The molecular weight excluding hydrogens is 332 g/mol. The Bertz CT molecular complexity index is 708. The van der Waals surface area contributed by atoms with E-state index in [0.29, 0.717) is 11.6 Å². The first-order valence-corrected chi connectivity index (χ1v) is 7.64. The predicted octanol–water partition coefficient (Wildman–Crippen LogP) is 2.78. The summed E-state index contributed by atoms with van der Waals surface area (Å²) < 4.78 is 0. The van der Waals surface area contributed by atoms with Gasteiger partial charge in [-0.2, -0.15) is 4.98 Å². The highest BCUT2D eigenvalue weighted by Gasteiger charge is 2.20. The Balaban J connectivity index is 2.26. The van der Waals surface area contributed by atoms with Crippen molar-refractivity contribution in [1.29, 1.82) is 0 Å². The minimum Gasteiger partial charge on any atom is -0.353 e. The predicted molar refractivity (Wildman–Crippen MR) is 95.2 cm³/mol. The summed E-state index contributed by atoms with van der Waals surface area (Å²) in [5, 5.41) is 14.9. The number of rotatable bonds is 7. The van der Waals surface area contributed by atoms with E-state index in [4.69, 9.17) is 11.6 Å². The fourth-order valence-corrected chi connectivity index (χ4v) is 2.08. The van der Waals surface area contributed by atoms with E-state index < -0.39 is 4.92 Å². The number of nitrogens with one attached hydrogen (secondary N) is 1. The Kier molecular flexibility index (Phi) is 5.88. The molecule has 0 saturated heterocycles. The second-order valence-corrected chi connectivity index (χ2v) is 5.95. The van der Waals surface area contributed by atoms with Crippen molar-refractivity contribution in [2.45, 2.75) is 0 Å². The molecule has 8 nitrogen and oxygen atoms in total. The Labute approximate surface area is 145 Å². The summed E-state index contributed by atoms with van der Waals surface area (Å²) in [6.45, 7) is 1.35. The van der Waals surface area contributed by atoms with Crippen LogP contribution in [0.3, 0.4) is 0 Å². The largest absolute Gasteiger partial charge is 0.353 e. The molecule has 0 unspecified atom stereocenters. The zero-order chi connectivity index (χ0) is 17.7. The highest BCUT2D eigenvalue weighted by molar-refractivity contribution is 6.30. The second kappa shape index (κ2) is 7.89. The Morgan fingerprint density at radius 1 is 1.21 bits per heavy atom. The molecule has 1 aromatic heterocycles. The van der Waals surface area contributed by atoms with Crippen LogP contribution in [0.2, 0.25) is 5.02 Å². The molecule has 1 aromatic carbocycles. The van der Waals surface area contributed by atoms with E-state index in [1.54, 1.807) is 36.2 Å². The van der Waals surface area contributed by atoms with Crippen molar-refractivity contribution in [3.63, 3.8) is 0 Å². The van der Waals surface area contributed by atoms with Crippen molar-refractivity contribution in [2.75, 3.05) is 44.4 Å². The molecule has 2 rings (SSSR count). The quantitative estimate of drug-likeness (QED) is 0.606. The third-order valence-corrected chi connectivity index (χ3v) is 3.54. The van der Waals surface area contributed by atoms with Crippen molar-refractivity contribution in [3.05, 3.63) is 45.6 Å². The molecule has 0 fully saturated rings. The molecule has 2 aromatic rings. The summed E-state index contributed by atoms with van der Waals surface area (Å²) >= 11 is 5.85. The normalized spacial score (nSPS) is 10.7. The molecule has 0 bridgehead atoms. The van der Waals surface area contributed by atoms with E-state index in [-0.39, 0.29) is 17.5 Å². The average Bonchev–Trinajstić information content (AvgIpc) is 2.54. The summed E-state index contributed by atoms with van der Waals surface area (Å²) in [6.07, 6.45) is 1.22. The summed E-state index contributed by atoms with van der Waals surface area (Å²) in [5.41, 5.74) is 0.619. The van der Waals surface area contributed by atoms with Gasteiger partial charge in [0.25, 0.3) is 0 Å². The van der Waals surface area contributed by atoms with Gasteiger partial charge in [0.05, 0.1) is 4.92 Å². The van der Waals surface area contributed by atoms with Gasteiger partial charge in [-0.3, -0.25) is 10.1 Å². The van der Waals surface area contributed by atoms with Gasteiger partial charge < -0.3 is 15.1 Å². The van der Waals surface area contributed by atoms with E-state index in [1.165, 1.54) is 6.20 Å². The first kappa shape index (κ1) is 17.9. The molecule has 0 radical (unpaired) electrons. The van der Waals surface area contributed by atoms with Crippen LogP contribution in [0.15, 0.2) is 30.5 Å². The van der Waals surface area contributed by atoms with Gasteiger partial charge in [-0.25, -0.2) is 4.98 Å². The van der Waals surface area contributed by atoms with Crippen LogP contribution >= 0.6 is 11.6 Å². The summed E-state index contributed by atoms with van der Waals surface area (Å²) in [5.74, 6) is 0.558. The van der Waals surface area contributed by atoms with E-state index in [1.807, 2.05) is 19.0 Å². The van der Waals surface area contributed by atoms with Crippen LogP contribution in [0.25, 0.3) is 0 Å². The number of halogens is 1. The zero-order valence-corrected chi connectivity index (χ0v) is 14.5. The van der Waals surface area contributed by atoms with Gasteiger partial charge in [0.15, 0.2) is 0 Å². The summed E-state index contributed by atoms with van der Waals surface area (Å²) in [7, 11) is 5.65. The molecule has 0 spiro atoms. The zero-order valence-electron chi connectivity index (χ0n) is 13.7. The molecule has 0 aliphatic rings. The highest BCUT2D eigenvalue weighted by atomic mass is 35.5. The Morgan fingerprint density at radius 2 is 1.88 bits per heavy atom. The van der Waals surface area contributed by atoms with Crippen molar-refractivity contribution < 1.29 is 4.92 Å². The maximum Gasteiger partial charge on any atom is 0.329 e. The van der Waals surface area contributed by atoms with E-state index in [9.17, 15) is 10.1 Å². The van der Waals surface area contributed by atoms with Crippen molar-refractivity contribution in [3.8, 4) is 0 Å². The molecule has 1 heterocycles. The summed E-state index contributed by atoms with van der Waals surface area (Å²) in [4.78, 5) is 22.8. The maximum atomic E-state index is 11.2. The van der Waals surface area contributed by atoms with Crippen LogP contribution < -0.4 is 10.2 Å². The molecule has 128 valence electrons. The third kappa shape index (κ3) is 4.77. The first-order valence-electron chi connectivity index (χ1n) is 7.26. The van der Waals surface area contributed by atoms with Crippen LogP contribution in [0.1, 0.15) is 0 Å². The molecule has 0 aliphatic heterocycles. The monoisotopic (exact) mass is 350 g/mol. The fraction of sp³-hybridized carbons (Fsp3) is 0.333. The van der Waals surface area contributed by atoms with Gasteiger partial charge in [-0.15, -0.1) is 0 Å². The third-order valence-electron chi connectivity index (χ3n) is 3.29. The Morgan fingerprint density at radius 3 is 2.46 bits per heavy atom. The van der Waals surface area contributed by atoms with Gasteiger partial charge in [0.2, 0.25) is 11.8 Å². The van der Waals surface area contributed by atoms with Gasteiger partial charge in [0, 0.05) is 30.8 Å². The number of hydrogen-bond acceptors (Lipinski definition) is 7. The second-order valence-electron chi connectivity index (χ2n) is 5.52. The van der Waals surface area contributed by atoms with Gasteiger partial charge in [-0.05, 0) is 38.4 Å². The Hall–Kier alpha value is -2.45. The molecular formula is C15H19ClN6O2. The lowest BCUT2D eigenvalue weighted by atomic mass is 10.3. The number of benzene rings is 1. The van der Waals surface area contributed by atoms with Crippen LogP contribution in [-0.4, -0.2) is 54.0 Å². The molecule has 0 saturated carbocycles. The fourth-order valence-electron chi connectivity index (χ4n) is 1.95. The number of nitrogens with zero attached hydrogens (tertiary/aromatic N) is 5. The molecule has 0 atom stereocenters. The van der Waals surface area contributed by atoms with Crippen molar-refractivity contribution in [2.24, 2.45) is 0 Å². The lowest BCUT2D eigenvalue weighted by Gasteiger charge is -2.20. The SMILES string of the molecule is CN(C)CCN(C)c1nc(Nc2ccc(Cl)cc2)ncc1[N+](=O)[O-]. The molecule has 9 heteroatoms. The smallest absolute Gasteiger partial charge is 0.329 e. The van der Waals surface area contributed by atoms with Crippen LogP contribution in [-0.2, 0) is 0 Å². The van der Waals surface area contributed by atoms with E-state index >= 15 is 0 Å². The van der Waals surface area contributed by atoms with Gasteiger partial charge in [0.1, 0.15) is 6.20 Å². The van der Waals surface area contributed by atoms with Gasteiger partial charge >= 0.3 is 5.69 Å². The van der Waals surface area contributed by atoms with Crippen LogP contribution in [0.4, 0.5) is 23.1 Å². The van der Waals surface area contributed by atoms with Gasteiger partial charge in [-0.1, -0.05) is 11.6 Å². The molecule has 24 heavy (non-hydrogen) atoms. The standard InChI is InChI=1S/C15H19ClN6O2/c1-20(2)8-9-21(3)14-13(22(23)24)10-17-15(19-14)18-12-6-4-11(16)5-7-12/h4-7,10H,8-9H2,1-3H3,(H,17,18,19). The lowest BCUT2D eigenvalue weighted by molar-refractivity contribution is -0.384. The number of nitro groups is 1. The minimum absolute atomic E-state index is 0.127. The van der Waals surface area contributed by atoms with E-state index in [0.717, 1.165) is 12.2 Å². The number of hydrogen-bond donors (Lipinski definition) is 1. The number of anilines is 3. The van der Waals surface area contributed by atoms with Crippen LogP contribution in [0.5, 0.6) is 0 Å². The molecule has 0 amide bonds. The van der Waals surface area contributed by atoms with E-state index in [2.05, 4.69) is 15.3 Å². The van der Waals surface area contributed by atoms with Crippen molar-refractivity contribution in [1.82, 2.24) is 14.9 Å².